The van der Waals surface area contributed by atoms with E-state index in [0.29, 0.717) is 11.5 Å². The lowest BCUT2D eigenvalue weighted by Crippen LogP contribution is -2.15. The Morgan fingerprint density at radius 1 is 1.30 bits per heavy atom. The van der Waals surface area contributed by atoms with Crippen molar-refractivity contribution in [1.82, 2.24) is 9.55 Å². The van der Waals surface area contributed by atoms with Crippen LogP contribution in [0.4, 0.5) is 13.2 Å². The molecule has 0 amide bonds. The summed E-state index contributed by atoms with van der Waals surface area (Å²) in [5.41, 5.74) is 0.441. The summed E-state index contributed by atoms with van der Waals surface area (Å²) < 4.78 is 50.2. The van der Waals surface area contributed by atoms with E-state index in [-0.39, 0.29) is 30.8 Å². The molecule has 1 aromatic carbocycles. The minimum absolute atomic E-state index is 0.0340. The van der Waals surface area contributed by atoms with Gasteiger partial charge in [0.25, 0.3) is 0 Å². The molecule has 2 aromatic rings. The van der Waals surface area contributed by atoms with Crippen LogP contribution in [0.3, 0.4) is 0 Å². The largest absolute Gasteiger partial charge is 0.454 e. The third-order valence-corrected chi connectivity index (χ3v) is 2.94. The van der Waals surface area contributed by atoms with Crippen molar-refractivity contribution < 1.29 is 22.6 Å². The van der Waals surface area contributed by atoms with Gasteiger partial charge in [-0.15, -0.1) is 0 Å². The minimum atomic E-state index is -4.58. The number of hydrogen-bond donors (Lipinski definition) is 0. The van der Waals surface area contributed by atoms with E-state index in [0.717, 1.165) is 4.57 Å². The zero-order valence-corrected chi connectivity index (χ0v) is 10.1. The predicted molar refractivity (Wildman–Crippen MR) is 61.1 cm³/mol. The van der Waals surface area contributed by atoms with Gasteiger partial charge in [0.1, 0.15) is 0 Å². The molecule has 2 heterocycles. The van der Waals surface area contributed by atoms with E-state index in [4.69, 9.17) is 14.7 Å². The van der Waals surface area contributed by atoms with E-state index < -0.39 is 12.0 Å². The predicted octanol–water partition coefficient (Wildman–Crippen LogP) is 2.70. The first kappa shape index (κ1) is 12.6. The highest BCUT2D eigenvalue weighted by atomic mass is 19.4. The van der Waals surface area contributed by atoms with Gasteiger partial charge in [-0.2, -0.15) is 18.4 Å². The van der Waals surface area contributed by atoms with Crippen molar-refractivity contribution in [2.45, 2.75) is 19.1 Å². The summed E-state index contributed by atoms with van der Waals surface area (Å²) in [4.78, 5) is 3.61. The topological polar surface area (TPSA) is 60.1 Å². The van der Waals surface area contributed by atoms with Gasteiger partial charge < -0.3 is 14.0 Å². The molecular formula is C12H8F3N3O2. The molecule has 0 bridgehead atoms. The summed E-state index contributed by atoms with van der Waals surface area (Å²) in [6, 6.07) is 4.70. The Bertz CT molecular complexity index is 715. The first-order valence-electron chi connectivity index (χ1n) is 5.75. The molecule has 1 aromatic heterocycles. The maximum atomic E-state index is 13.0. The molecule has 0 atom stereocenters. The fraction of sp³-hybridized carbons (Fsp3) is 0.333. The zero-order valence-electron chi connectivity index (χ0n) is 10.1. The van der Waals surface area contributed by atoms with Crippen molar-refractivity contribution >= 4 is 11.0 Å². The van der Waals surface area contributed by atoms with Gasteiger partial charge in [-0.25, -0.2) is 4.98 Å². The number of aryl methyl sites for hydroxylation is 1. The molecule has 0 radical (unpaired) electrons. The van der Waals surface area contributed by atoms with Crippen molar-refractivity contribution in [2.24, 2.45) is 0 Å². The molecule has 0 unspecified atom stereocenters. The van der Waals surface area contributed by atoms with Crippen molar-refractivity contribution in [3.63, 3.8) is 0 Å². The van der Waals surface area contributed by atoms with Crippen molar-refractivity contribution in [1.29, 1.82) is 5.26 Å². The van der Waals surface area contributed by atoms with Crippen LogP contribution >= 0.6 is 0 Å². The van der Waals surface area contributed by atoms with Crippen molar-refractivity contribution in [2.75, 3.05) is 6.79 Å². The molecule has 0 aliphatic carbocycles. The number of fused-ring (bicyclic) bond motifs is 2. The number of rotatable bonds is 2. The lowest BCUT2D eigenvalue weighted by atomic mass is 10.2. The number of ether oxygens (including phenoxy) is 2. The normalized spacial score (nSPS) is 13.7. The highest BCUT2D eigenvalue weighted by Gasteiger charge is 2.38. The Kier molecular flexibility index (Phi) is 2.71. The van der Waals surface area contributed by atoms with E-state index in [1.165, 1.54) is 12.1 Å². The monoisotopic (exact) mass is 283 g/mol. The summed E-state index contributed by atoms with van der Waals surface area (Å²) in [5.74, 6) is -0.271. The van der Waals surface area contributed by atoms with Gasteiger partial charge in [0.2, 0.25) is 12.6 Å². The number of nitrogens with zero attached hydrogens (tertiary/aromatic N) is 3. The van der Waals surface area contributed by atoms with Gasteiger partial charge >= 0.3 is 6.18 Å². The van der Waals surface area contributed by atoms with Crippen LogP contribution in [0.5, 0.6) is 11.5 Å². The molecule has 20 heavy (non-hydrogen) atoms. The van der Waals surface area contributed by atoms with Crippen LogP contribution in [0.1, 0.15) is 12.2 Å². The summed E-state index contributed by atoms with van der Waals surface area (Å²) in [6.07, 6.45) is -4.62. The van der Waals surface area contributed by atoms with E-state index in [2.05, 4.69) is 4.98 Å². The van der Waals surface area contributed by atoms with Crippen LogP contribution in [-0.2, 0) is 12.7 Å². The summed E-state index contributed by atoms with van der Waals surface area (Å²) in [6.45, 7) is -0.0479. The minimum Gasteiger partial charge on any atom is -0.454 e. The van der Waals surface area contributed by atoms with Crippen LogP contribution < -0.4 is 9.47 Å². The molecule has 104 valence electrons. The van der Waals surface area contributed by atoms with Gasteiger partial charge in [-0.3, -0.25) is 0 Å². The van der Waals surface area contributed by atoms with Crippen molar-refractivity contribution in [3.8, 4) is 17.6 Å². The first-order chi connectivity index (χ1) is 9.50. The maximum Gasteiger partial charge on any atom is 0.449 e. The number of imidazole rings is 1. The second-order valence-corrected chi connectivity index (χ2v) is 4.19. The maximum absolute atomic E-state index is 13.0. The van der Waals surface area contributed by atoms with E-state index >= 15 is 0 Å². The highest BCUT2D eigenvalue weighted by Crippen LogP contribution is 2.38. The Hall–Kier alpha value is -2.43. The molecule has 0 N–H and O–H groups in total. The van der Waals surface area contributed by atoms with Crippen molar-refractivity contribution in [3.05, 3.63) is 18.0 Å². The van der Waals surface area contributed by atoms with E-state index in [1.54, 1.807) is 0 Å². The molecule has 0 saturated heterocycles. The number of benzene rings is 1. The molecule has 3 rings (SSSR count). The Balaban J connectivity index is 2.21. The number of aromatic nitrogens is 2. The average Bonchev–Trinajstić information content (AvgIpc) is 2.96. The second-order valence-electron chi connectivity index (χ2n) is 4.19. The molecule has 1 aliphatic rings. The Morgan fingerprint density at radius 3 is 2.65 bits per heavy atom. The number of nitriles is 1. The molecule has 0 spiro atoms. The summed E-state index contributed by atoms with van der Waals surface area (Å²) in [5, 5.41) is 8.58. The SMILES string of the molecule is N#CCCn1c(C(F)(F)F)nc2cc3c(cc21)OCO3. The van der Waals surface area contributed by atoms with Crippen LogP contribution in [0.15, 0.2) is 12.1 Å². The number of hydrogen-bond acceptors (Lipinski definition) is 4. The fourth-order valence-corrected chi connectivity index (χ4v) is 2.12. The smallest absolute Gasteiger partial charge is 0.449 e. The fourth-order valence-electron chi connectivity index (χ4n) is 2.12. The quantitative estimate of drug-likeness (QED) is 0.850. The van der Waals surface area contributed by atoms with Gasteiger partial charge in [0, 0.05) is 18.7 Å². The van der Waals surface area contributed by atoms with Gasteiger partial charge in [-0.1, -0.05) is 0 Å². The van der Waals surface area contributed by atoms with Gasteiger partial charge in [0.15, 0.2) is 11.5 Å². The zero-order chi connectivity index (χ0) is 14.3. The molecule has 5 nitrogen and oxygen atoms in total. The summed E-state index contributed by atoms with van der Waals surface area (Å²) >= 11 is 0. The summed E-state index contributed by atoms with van der Waals surface area (Å²) in [7, 11) is 0. The van der Waals surface area contributed by atoms with Crippen LogP contribution in [0.2, 0.25) is 0 Å². The van der Waals surface area contributed by atoms with Crippen LogP contribution in [-0.4, -0.2) is 16.3 Å². The lowest BCUT2D eigenvalue weighted by Gasteiger charge is -2.09. The Morgan fingerprint density at radius 2 is 2.00 bits per heavy atom. The highest BCUT2D eigenvalue weighted by molar-refractivity contribution is 5.81. The van der Waals surface area contributed by atoms with E-state index in [1.807, 2.05) is 6.07 Å². The number of halogens is 3. The third kappa shape index (κ3) is 1.91. The van der Waals surface area contributed by atoms with Gasteiger partial charge in [0.05, 0.1) is 23.5 Å². The molecule has 0 saturated carbocycles. The molecule has 0 fully saturated rings. The van der Waals surface area contributed by atoms with Crippen LogP contribution in [0, 0.1) is 11.3 Å². The van der Waals surface area contributed by atoms with E-state index in [9.17, 15) is 13.2 Å². The number of alkyl halides is 3. The molecular weight excluding hydrogens is 275 g/mol. The van der Waals surface area contributed by atoms with Crippen LogP contribution in [0.25, 0.3) is 11.0 Å². The molecule has 8 heteroatoms. The third-order valence-electron chi connectivity index (χ3n) is 2.94. The van der Waals surface area contributed by atoms with Gasteiger partial charge in [-0.05, 0) is 0 Å². The first-order valence-corrected chi connectivity index (χ1v) is 5.75. The Labute approximate surface area is 111 Å². The average molecular weight is 283 g/mol. The molecule has 1 aliphatic heterocycles. The lowest BCUT2D eigenvalue weighted by molar-refractivity contribution is -0.146. The standard InChI is InChI=1S/C12H8F3N3O2/c13-12(14,15)11-17-7-4-9-10(20-6-19-9)5-8(7)18(11)3-1-2-16/h4-5H,1,3,6H2. The second kappa shape index (κ2) is 4.30.